The van der Waals surface area contributed by atoms with Crippen molar-refractivity contribution in [3.63, 3.8) is 0 Å². The zero-order valence-electron chi connectivity index (χ0n) is 41.5. The summed E-state index contributed by atoms with van der Waals surface area (Å²) in [5.41, 5.74) is 20.7. The van der Waals surface area contributed by atoms with E-state index >= 15 is 0 Å². The van der Waals surface area contributed by atoms with E-state index in [1.54, 1.807) is 0 Å². The van der Waals surface area contributed by atoms with Gasteiger partial charge in [0.2, 0.25) is 0 Å². The summed E-state index contributed by atoms with van der Waals surface area (Å²) in [6, 6.07) is 22.6. The molecule has 0 aliphatic carbocycles. The van der Waals surface area contributed by atoms with E-state index in [-0.39, 0.29) is 0 Å². The van der Waals surface area contributed by atoms with Gasteiger partial charge in [0.15, 0.2) is 0 Å². The standard InChI is InChI=1S/C60H54Cl8N4/c1-9-29-30(10-2)54-50(46-39(63)23-18-24-40(46)64)56-33(13-5)34(14-6)58(71-56)52(48-43(67)27-20-28-44(48)68)60-36(16-8)35(15-7)59(72-60)51(47-41(65)25-19-26-42(47)66)57-32(12-4)31(11-3)55(70-57)49(53(29)69-54)45-37(61)21-17-22-38(45)62/h17-28,69,72H,9-16H2,1-8H3. The van der Waals surface area contributed by atoms with E-state index in [4.69, 9.17) is 103 Å². The quantitative estimate of drug-likeness (QED) is 0.128. The largest absolute Gasteiger partial charge is 0.354 e. The second-order valence-corrected chi connectivity index (χ2v) is 21.2. The van der Waals surface area contributed by atoms with Crippen molar-refractivity contribution >= 4 is 137 Å². The molecule has 0 amide bonds. The molecule has 72 heavy (non-hydrogen) atoms. The normalized spacial score (nSPS) is 12.8. The molecule has 7 aromatic rings. The summed E-state index contributed by atoms with van der Waals surface area (Å²) in [4.78, 5) is 20.0. The van der Waals surface area contributed by atoms with Gasteiger partial charge in [0, 0.05) is 44.5 Å². The minimum atomic E-state index is 0.490. The molecule has 0 unspecified atom stereocenters. The number of nitrogens with one attached hydrogen (secondary N) is 2. The molecule has 0 fully saturated rings. The summed E-state index contributed by atoms with van der Waals surface area (Å²) in [7, 11) is 0. The number of H-pyrrole nitrogens is 2. The molecule has 0 saturated carbocycles. The van der Waals surface area contributed by atoms with Crippen molar-refractivity contribution in [3.05, 3.63) is 158 Å². The molecule has 4 nitrogen and oxygen atoms in total. The van der Waals surface area contributed by atoms with E-state index in [9.17, 15) is 0 Å². The molecule has 9 rings (SSSR count). The highest BCUT2D eigenvalue weighted by atomic mass is 35.5. The number of halogens is 8. The summed E-state index contributed by atoms with van der Waals surface area (Å²) in [5, 5.41) is 3.92. The maximum Gasteiger partial charge on any atom is 0.0773 e. The Balaban J connectivity index is 1.78. The molecule has 0 radical (unpaired) electrons. The fourth-order valence-corrected chi connectivity index (χ4v) is 13.7. The van der Waals surface area contributed by atoms with Crippen LogP contribution in [0, 0.1) is 0 Å². The smallest absolute Gasteiger partial charge is 0.0773 e. The number of nitrogens with zero attached hydrogens (tertiary/aromatic N) is 2. The lowest BCUT2D eigenvalue weighted by Crippen LogP contribution is -1.95. The predicted octanol–water partition coefficient (Wildman–Crippen LogP) is 21.9. The fraction of sp³-hybridized carbons (Fsp3) is 0.267. The lowest BCUT2D eigenvalue weighted by atomic mass is 9.90. The number of aromatic nitrogens is 4. The predicted molar refractivity (Wildman–Crippen MR) is 315 cm³/mol. The van der Waals surface area contributed by atoms with Gasteiger partial charge in [-0.2, -0.15) is 0 Å². The number of benzene rings is 4. The van der Waals surface area contributed by atoms with Crippen molar-refractivity contribution < 1.29 is 0 Å². The van der Waals surface area contributed by atoms with Crippen LogP contribution in [0.3, 0.4) is 0 Å². The van der Waals surface area contributed by atoms with Gasteiger partial charge in [-0.3, -0.25) is 0 Å². The topological polar surface area (TPSA) is 57.4 Å². The summed E-state index contributed by atoms with van der Waals surface area (Å²) < 4.78 is 0. The minimum Gasteiger partial charge on any atom is -0.354 e. The molecule has 0 spiro atoms. The first-order chi connectivity index (χ1) is 34.7. The minimum absolute atomic E-state index is 0.490. The molecule has 0 atom stereocenters. The van der Waals surface area contributed by atoms with Gasteiger partial charge >= 0.3 is 0 Å². The molecule has 4 aromatic carbocycles. The zero-order chi connectivity index (χ0) is 51.4. The number of rotatable bonds is 12. The van der Waals surface area contributed by atoms with Crippen LogP contribution in [-0.2, 0) is 25.7 Å². The highest BCUT2D eigenvalue weighted by Crippen LogP contribution is 2.54. The van der Waals surface area contributed by atoms with E-state index in [1.807, 2.05) is 72.8 Å². The van der Waals surface area contributed by atoms with Crippen LogP contribution in [0.15, 0.2) is 72.8 Å². The van der Waals surface area contributed by atoms with E-state index < -0.39 is 0 Å². The first kappa shape index (κ1) is 52.7. The third-order valence-corrected chi connectivity index (χ3v) is 16.9. The van der Waals surface area contributed by atoms with E-state index in [0.717, 1.165) is 112 Å². The Bertz CT molecular complexity index is 3070. The monoisotopic (exact) mass is 1110 g/mol. The average Bonchev–Trinajstić information content (AvgIpc) is 4.12. The van der Waals surface area contributed by atoms with Gasteiger partial charge in [-0.15, -0.1) is 0 Å². The highest BCUT2D eigenvalue weighted by Gasteiger charge is 2.34. The Kier molecular flexibility index (Phi) is 15.8. The fourth-order valence-electron chi connectivity index (χ4n) is 11.4. The zero-order valence-corrected chi connectivity index (χ0v) is 47.6. The van der Waals surface area contributed by atoms with Gasteiger partial charge in [-0.25, -0.2) is 9.97 Å². The van der Waals surface area contributed by atoms with Crippen molar-refractivity contribution in [1.82, 2.24) is 19.9 Å². The second-order valence-electron chi connectivity index (χ2n) is 17.9. The van der Waals surface area contributed by atoms with Crippen LogP contribution in [0.2, 0.25) is 40.2 Å². The number of allylic oxidation sites excluding steroid dienone is 4. The molecule has 5 heterocycles. The Labute approximate surface area is 462 Å². The maximum absolute atomic E-state index is 7.43. The Morgan fingerprint density at radius 3 is 0.611 bits per heavy atom. The molecule has 0 saturated heterocycles. The second kappa shape index (κ2) is 21.6. The third-order valence-electron chi connectivity index (χ3n) is 14.4. The number of fused-ring (bicyclic) bond motifs is 8. The number of hydrogen-bond acceptors (Lipinski definition) is 2. The van der Waals surface area contributed by atoms with Gasteiger partial charge in [-0.05, 0) is 144 Å². The van der Waals surface area contributed by atoms with E-state index in [1.165, 1.54) is 0 Å². The van der Waals surface area contributed by atoms with Crippen molar-refractivity contribution in [3.8, 4) is 44.5 Å². The van der Waals surface area contributed by atoms with Gasteiger partial charge in [-0.1, -0.05) is 172 Å². The molecule has 3 aromatic heterocycles. The Morgan fingerprint density at radius 1 is 0.278 bits per heavy atom. The maximum atomic E-state index is 7.43. The third kappa shape index (κ3) is 8.55. The highest BCUT2D eigenvalue weighted by molar-refractivity contribution is 6.42. The summed E-state index contributed by atoms with van der Waals surface area (Å²) in [6.07, 6.45) is 5.18. The molecule has 12 heteroatoms. The van der Waals surface area contributed by atoms with Crippen LogP contribution in [0.4, 0.5) is 0 Å². The van der Waals surface area contributed by atoms with Crippen LogP contribution in [-0.4, -0.2) is 19.9 Å². The SMILES string of the molecule is CCC1=C(CC)c2nc1c(-c1c(Cl)cccc1Cl)c1[nH]c(c(CC)c1CC)c(-c1c(Cl)cccc1Cl)c1nc(c(-c3c(Cl)cccc3Cl)c3[nH]c(c(CC)c3CC)c2-c2c(Cl)cccc2Cl)C(CC)=C1CC. The molecule has 8 bridgehead atoms. The molecule has 2 N–H and O–H groups in total. The Morgan fingerprint density at radius 2 is 0.458 bits per heavy atom. The first-order valence-corrected chi connectivity index (χ1v) is 27.9. The number of aryl methyl sites for hydroxylation is 4. The lowest BCUT2D eigenvalue weighted by molar-refractivity contribution is 1.07. The van der Waals surface area contributed by atoms with Crippen LogP contribution >= 0.6 is 92.8 Å². The summed E-state index contributed by atoms with van der Waals surface area (Å²) in [6.45, 7) is 17.4. The van der Waals surface area contributed by atoms with Crippen molar-refractivity contribution in [2.24, 2.45) is 0 Å². The molecular formula is C60H54Cl8N4. The van der Waals surface area contributed by atoms with Gasteiger partial charge in [0.25, 0.3) is 0 Å². The number of aromatic amines is 2. The van der Waals surface area contributed by atoms with Gasteiger partial charge in [0.05, 0.1) is 85.0 Å². The van der Waals surface area contributed by atoms with Crippen LogP contribution in [0.25, 0.3) is 88.9 Å². The molecule has 370 valence electrons. The van der Waals surface area contributed by atoms with Crippen LogP contribution in [0.5, 0.6) is 0 Å². The molecule has 2 aliphatic heterocycles. The van der Waals surface area contributed by atoms with Crippen LogP contribution in [0.1, 0.15) is 126 Å². The average molecular weight is 1110 g/mol. The lowest BCUT2D eigenvalue weighted by Gasteiger charge is -2.14. The summed E-state index contributed by atoms with van der Waals surface area (Å²) in [5.74, 6) is 0. The summed E-state index contributed by atoms with van der Waals surface area (Å²) >= 11 is 59.4. The molecular weight excluding hydrogens is 1060 g/mol. The van der Waals surface area contributed by atoms with Crippen molar-refractivity contribution in [1.29, 1.82) is 0 Å². The van der Waals surface area contributed by atoms with Crippen molar-refractivity contribution in [2.75, 3.05) is 0 Å². The van der Waals surface area contributed by atoms with Crippen molar-refractivity contribution in [2.45, 2.75) is 107 Å². The Hall–Kier alpha value is -4.20. The van der Waals surface area contributed by atoms with Crippen LogP contribution < -0.4 is 0 Å². The van der Waals surface area contributed by atoms with E-state index in [0.29, 0.717) is 114 Å². The van der Waals surface area contributed by atoms with Gasteiger partial charge < -0.3 is 9.97 Å². The molecule has 2 aliphatic rings. The number of hydrogen-bond donors (Lipinski definition) is 2. The first-order valence-electron chi connectivity index (χ1n) is 24.9. The van der Waals surface area contributed by atoms with Gasteiger partial charge in [0.1, 0.15) is 0 Å². The van der Waals surface area contributed by atoms with E-state index in [2.05, 4.69) is 65.4 Å².